The van der Waals surface area contributed by atoms with Gasteiger partial charge in [0.25, 0.3) is 0 Å². The number of nitrogens with one attached hydrogen (secondary N) is 1. The second-order valence-electron chi connectivity index (χ2n) is 5.67. The fourth-order valence-corrected chi connectivity index (χ4v) is 3.06. The van der Waals surface area contributed by atoms with Crippen molar-refractivity contribution in [2.24, 2.45) is 11.8 Å². The molecule has 3 atom stereocenters. The molecule has 0 heterocycles. The Balaban J connectivity index is 1.69. The molecule has 0 amide bonds. The summed E-state index contributed by atoms with van der Waals surface area (Å²) in [5.41, 5.74) is 4.74. The molecule has 1 fully saturated rings. The molecule has 0 saturated heterocycles. The minimum atomic E-state index is -0.545. The first-order valence-corrected chi connectivity index (χ1v) is 7.13. The first kappa shape index (κ1) is 14.2. The summed E-state index contributed by atoms with van der Waals surface area (Å²) in [4.78, 5) is 0. The zero-order valence-electron chi connectivity index (χ0n) is 11.6. The standard InChI is InChI=1S/C17H18F2N2/c18-13-6-11(7-14(19)9-13)8-17(21-20)16-10-15(16)12-4-2-1-3-5-12/h1-7,9,15-17,21H,8,10,20H2. The molecule has 3 unspecified atom stereocenters. The summed E-state index contributed by atoms with van der Waals surface area (Å²) in [6.07, 6.45) is 1.58. The molecule has 0 radical (unpaired) electrons. The van der Waals surface area contributed by atoms with Crippen molar-refractivity contribution in [1.82, 2.24) is 5.43 Å². The van der Waals surface area contributed by atoms with E-state index >= 15 is 0 Å². The van der Waals surface area contributed by atoms with Gasteiger partial charge in [0.05, 0.1) is 0 Å². The third-order valence-electron chi connectivity index (χ3n) is 4.18. The molecule has 1 saturated carbocycles. The van der Waals surface area contributed by atoms with Gasteiger partial charge in [0.2, 0.25) is 0 Å². The van der Waals surface area contributed by atoms with Crippen LogP contribution in [0.15, 0.2) is 48.5 Å². The molecule has 4 heteroatoms. The van der Waals surface area contributed by atoms with Gasteiger partial charge in [0.1, 0.15) is 11.6 Å². The van der Waals surface area contributed by atoms with Crippen LogP contribution >= 0.6 is 0 Å². The number of halogens is 2. The Morgan fingerprint density at radius 2 is 1.76 bits per heavy atom. The summed E-state index contributed by atoms with van der Waals surface area (Å²) in [5.74, 6) is 5.43. The van der Waals surface area contributed by atoms with E-state index in [1.54, 1.807) is 0 Å². The van der Waals surface area contributed by atoms with E-state index in [2.05, 4.69) is 17.6 Å². The van der Waals surface area contributed by atoms with Crippen molar-refractivity contribution < 1.29 is 8.78 Å². The molecule has 0 spiro atoms. The van der Waals surface area contributed by atoms with Crippen LogP contribution in [0.2, 0.25) is 0 Å². The van der Waals surface area contributed by atoms with Gasteiger partial charge in [-0.3, -0.25) is 11.3 Å². The second-order valence-corrected chi connectivity index (χ2v) is 5.67. The lowest BCUT2D eigenvalue weighted by Crippen LogP contribution is -2.38. The molecule has 1 aliphatic carbocycles. The van der Waals surface area contributed by atoms with Crippen molar-refractivity contribution in [2.45, 2.75) is 24.8 Å². The molecule has 0 aliphatic heterocycles. The van der Waals surface area contributed by atoms with E-state index < -0.39 is 11.6 Å². The zero-order valence-corrected chi connectivity index (χ0v) is 11.6. The Labute approximate surface area is 122 Å². The third-order valence-corrected chi connectivity index (χ3v) is 4.18. The predicted octanol–water partition coefficient (Wildman–Crippen LogP) is 3.14. The number of hydrogen-bond acceptors (Lipinski definition) is 2. The van der Waals surface area contributed by atoms with Crippen LogP contribution in [-0.4, -0.2) is 6.04 Å². The average Bonchev–Trinajstić information content (AvgIpc) is 3.25. The quantitative estimate of drug-likeness (QED) is 0.655. The molecule has 0 bridgehead atoms. The van der Waals surface area contributed by atoms with Crippen molar-refractivity contribution in [1.29, 1.82) is 0 Å². The molecule has 0 aromatic heterocycles. The van der Waals surface area contributed by atoms with Gasteiger partial charge in [-0.1, -0.05) is 30.3 Å². The molecular formula is C17H18F2N2. The summed E-state index contributed by atoms with van der Waals surface area (Å²) >= 11 is 0. The summed E-state index contributed by atoms with van der Waals surface area (Å²) in [7, 11) is 0. The summed E-state index contributed by atoms with van der Waals surface area (Å²) < 4.78 is 26.5. The Morgan fingerprint density at radius 1 is 1.10 bits per heavy atom. The van der Waals surface area contributed by atoms with E-state index in [9.17, 15) is 8.78 Å². The molecule has 3 N–H and O–H groups in total. The van der Waals surface area contributed by atoms with Crippen LogP contribution < -0.4 is 11.3 Å². The summed E-state index contributed by atoms with van der Waals surface area (Å²) in [6.45, 7) is 0. The zero-order chi connectivity index (χ0) is 14.8. The molecule has 21 heavy (non-hydrogen) atoms. The van der Waals surface area contributed by atoms with Crippen LogP contribution in [0.1, 0.15) is 23.5 Å². The van der Waals surface area contributed by atoms with E-state index in [0.29, 0.717) is 23.8 Å². The number of benzene rings is 2. The number of hydrogen-bond donors (Lipinski definition) is 2. The van der Waals surface area contributed by atoms with Gasteiger partial charge in [-0.05, 0) is 47.9 Å². The summed E-state index contributed by atoms with van der Waals surface area (Å²) in [5, 5.41) is 0. The number of rotatable bonds is 5. The molecule has 110 valence electrons. The van der Waals surface area contributed by atoms with E-state index in [-0.39, 0.29) is 6.04 Å². The monoisotopic (exact) mass is 288 g/mol. The molecule has 1 aliphatic rings. The van der Waals surface area contributed by atoms with Gasteiger partial charge in [-0.15, -0.1) is 0 Å². The number of nitrogens with two attached hydrogens (primary N) is 1. The fourth-order valence-electron chi connectivity index (χ4n) is 3.06. The fraction of sp³-hybridized carbons (Fsp3) is 0.294. The van der Waals surface area contributed by atoms with Gasteiger partial charge in [0, 0.05) is 12.1 Å². The van der Waals surface area contributed by atoms with Crippen LogP contribution in [0.4, 0.5) is 8.78 Å². The van der Waals surface area contributed by atoms with Crippen molar-refractivity contribution >= 4 is 0 Å². The van der Waals surface area contributed by atoms with Gasteiger partial charge in [0.15, 0.2) is 0 Å². The van der Waals surface area contributed by atoms with E-state index in [1.165, 1.54) is 17.7 Å². The molecule has 2 aromatic rings. The molecule has 3 rings (SSSR count). The molecule has 2 nitrogen and oxygen atoms in total. The summed E-state index contributed by atoms with van der Waals surface area (Å²) in [6, 6.07) is 13.9. The highest BCUT2D eigenvalue weighted by Gasteiger charge is 2.43. The van der Waals surface area contributed by atoms with Crippen LogP contribution in [0.25, 0.3) is 0 Å². The van der Waals surface area contributed by atoms with Gasteiger partial charge < -0.3 is 0 Å². The van der Waals surface area contributed by atoms with E-state index in [1.807, 2.05) is 18.2 Å². The van der Waals surface area contributed by atoms with Crippen molar-refractivity contribution in [3.05, 3.63) is 71.3 Å². The largest absolute Gasteiger partial charge is 0.271 e. The van der Waals surface area contributed by atoms with Gasteiger partial charge in [-0.2, -0.15) is 0 Å². The maximum Gasteiger partial charge on any atom is 0.126 e. The highest BCUT2D eigenvalue weighted by Crippen LogP contribution is 2.49. The second kappa shape index (κ2) is 5.92. The minimum absolute atomic E-state index is 0.0245. The normalized spacial score (nSPS) is 22.0. The van der Waals surface area contributed by atoms with E-state index in [0.717, 1.165) is 12.5 Å². The Morgan fingerprint density at radius 3 is 2.38 bits per heavy atom. The van der Waals surface area contributed by atoms with Crippen molar-refractivity contribution in [3.63, 3.8) is 0 Å². The van der Waals surface area contributed by atoms with Crippen molar-refractivity contribution in [3.8, 4) is 0 Å². The van der Waals surface area contributed by atoms with Crippen LogP contribution in [0.3, 0.4) is 0 Å². The van der Waals surface area contributed by atoms with Crippen LogP contribution in [0.5, 0.6) is 0 Å². The van der Waals surface area contributed by atoms with Gasteiger partial charge in [-0.25, -0.2) is 8.78 Å². The minimum Gasteiger partial charge on any atom is -0.271 e. The lowest BCUT2D eigenvalue weighted by molar-refractivity contribution is 0.461. The lowest BCUT2D eigenvalue weighted by atomic mass is 9.99. The maximum absolute atomic E-state index is 13.2. The number of hydrazine groups is 1. The highest BCUT2D eigenvalue weighted by molar-refractivity contribution is 5.28. The lowest BCUT2D eigenvalue weighted by Gasteiger charge is -2.16. The van der Waals surface area contributed by atoms with Crippen LogP contribution in [-0.2, 0) is 6.42 Å². The smallest absolute Gasteiger partial charge is 0.126 e. The predicted molar refractivity (Wildman–Crippen MR) is 78.5 cm³/mol. The maximum atomic E-state index is 13.2. The SMILES string of the molecule is NNC(Cc1cc(F)cc(F)c1)C1CC1c1ccccc1. The molecule has 2 aromatic carbocycles. The third kappa shape index (κ3) is 3.28. The van der Waals surface area contributed by atoms with Crippen molar-refractivity contribution in [2.75, 3.05) is 0 Å². The average molecular weight is 288 g/mol. The van der Waals surface area contributed by atoms with Gasteiger partial charge >= 0.3 is 0 Å². The highest BCUT2D eigenvalue weighted by atomic mass is 19.1. The topological polar surface area (TPSA) is 38.0 Å². The van der Waals surface area contributed by atoms with Crippen LogP contribution in [0, 0.1) is 17.6 Å². The van der Waals surface area contributed by atoms with E-state index in [4.69, 9.17) is 5.84 Å². The Hall–Kier alpha value is -1.78. The first-order valence-electron chi connectivity index (χ1n) is 7.13. The molecular weight excluding hydrogens is 270 g/mol. The Bertz CT molecular complexity index is 595. The Kier molecular flexibility index (Phi) is 3.99. The first-order chi connectivity index (χ1) is 10.2.